The maximum absolute atomic E-state index is 12.3. The summed E-state index contributed by atoms with van der Waals surface area (Å²) in [5.41, 5.74) is 1.38. The van der Waals surface area contributed by atoms with Crippen LogP contribution in [-0.4, -0.2) is 45.8 Å². The Kier molecular flexibility index (Phi) is 3.40. The van der Waals surface area contributed by atoms with Gasteiger partial charge < -0.3 is 10.6 Å². The minimum absolute atomic E-state index is 0.328. The summed E-state index contributed by atoms with van der Waals surface area (Å²) in [7, 11) is 0. The molecule has 1 saturated heterocycles. The molecule has 0 aromatic carbocycles. The van der Waals surface area contributed by atoms with Crippen molar-refractivity contribution in [1.29, 1.82) is 0 Å². The molecule has 1 aliphatic heterocycles. The highest BCUT2D eigenvalue weighted by molar-refractivity contribution is 5.71. The predicted molar refractivity (Wildman–Crippen MR) is 77.9 cm³/mol. The molecule has 2 aromatic rings. The molecule has 8 heteroatoms. The molecule has 118 valence electrons. The third-order valence-electron chi connectivity index (χ3n) is 4.72. The highest BCUT2D eigenvalue weighted by Gasteiger charge is 2.38. The van der Waals surface area contributed by atoms with E-state index in [-0.39, 0.29) is 0 Å². The summed E-state index contributed by atoms with van der Waals surface area (Å²) in [5, 5.41) is 10.5. The van der Waals surface area contributed by atoms with E-state index < -0.39 is 13.0 Å². The Labute approximate surface area is 126 Å². The molecule has 0 amide bonds. The minimum atomic E-state index is -2.41. The molecule has 22 heavy (non-hydrogen) atoms. The molecule has 1 aliphatic carbocycles. The zero-order valence-corrected chi connectivity index (χ0v) is 12.0. The van der Waals surface area contributed by atoms with Gasteiger partial charge >= 0.3 is 0 Å². The summed E-state index contributed by atoms with van der Waals surface area (Å²) < 4.78 is 26.5. The van der Waals surface area contributed by atoms with E-state index in [1.165, 1.54) is 6.20 Å². The number of aromatic nitrogens is 4. The second-order valence-corrected chi connectivity index (χ2v) is 6.13. The molecule has 0 spiro atoms. The first-order chi connectivity index (χ1) is 10.7. The zero-order chi connectivity index (χ0) is 15.1. The molecule has 1 saturated carbocycles. The van der Waals surface area contributed by atoms with Crippen LogP contribution in [0.25, 0.3) is 11.2 Å². The molecule has 2 unspecified atom stereocenters. The van der Waals surface area contributed by atoms with Crippen molar-refractivity contribution < 1.29 is 8.78 Å². The lowest BCUT2D eigenvalue weighted by molar-refractivity contribution is 0.163. The average Bonchev–Trinajstić information content (AvgIpc) is 3.17. The summed E-state index contributed by atoms with van der Waals surface area (Å²) >= 11 is 0. The van der Waals surface area contributed by atoms with Gasteiger partial charge in [-0.05, 0) is 37.8 Å². The second kappa shape index (κ2) is 5.42. The lowest BCUT2D eigenvalue weighted by Crippen LogP contribution is -2.16. The smallest absolute Gasteiger partial charge is 0.255 e. The van der Waals surface area contributed by atoms with Gasteiger partial charge in [-0.3, -0.25) is 0 Å². The van der Waals surface area contributed by atoms with E-state index in [1.54, 1.807) is 6.20 Å². The number of alkyl halides is 2. The van der Waals surface area contributed by atoms with Crippen LogP contribution in [0.15, 0.2) is 12.4 Å². The van der Waals surface area contributed by atoms with Gasteiger partial charge in [0.25, 0.3) is 6.43 Å². The van der Waals surface area contributed by atoms with Gasteiger partial charge in [-0.1, -0.05) is 0 Å². The van der Waals surface area contributed by atoms with Crippen LogP contribution >= 0.6 is 0 Å². The van der Waals surface area contributed by atoms with E-state index in [2.05, 4.69) is 25.7 Å². The van der Waals surface area contributed by atoms with E-state index >= 15 is 0 Å². The highest BCUT2D eigenvalue weighted by atomic mass is 19.3. The summed E-state index contributed by atoms with van der Waals surface area (Å²) in [6.45, 7) is 1.73. The van der Waals surface area contributed by atoms with Crippen molar-refractivity contribution in [1.82, 2.24) is 25.1 Å². The van der Waals surface area contributed by atoms with Crippen LogP contribution < -0.4 is 10.6 Å². The molecule has 3 heterocycles. The van der Waals surface area contributed by atoms with Crippen LogP contribution in [0, 0.1) is 11.8 Å². The second-order valence-electron chi connectivity index (χ2n) is 6.13. The number of hydrogen-bond donors (Lipinski definition) is 2. The van der Waals surface area contributed by atoms with Crippen molar-refractivity contribution in [2.75, 3.05) is 25.0 Å². The molecular formula is C14H18F2N6. The van der Waals surface area contributed by atoms with Crippen LogP contribution in [0.1, 0.15) is 18.9 Å². The third-order valence-corrected chi connectivity index (χ3v) is 4.72. The number of halogens is 2. The quantitative estimate of drug-likeness (QED) is 0.899. The molecule has 0 radical (unpaired) electrons. The predicted octanol–water partition coefficient (Wildman–Crippen LogP) is 1.67. The Hall–Kier alpha value is -1.83. The van der Waals surface area contributed by atoms with E-state index in [0.29, 0.717) is 34.9 Å². The SMILES string of the molecule is FC(F)CNc1cnc2cnn(C3CC4CNCC4C3)c2n1. The first-order valence-corrected chi connectivity index (χ1v) is 7.63. The summed E-state index contributed by atoms with van der Waals surface area (Å²) in [6, 6.07) is 0.328. The van der Waals surface area contributed by atoms with Gasteiger partial charge in [-0.15, -0.1) is 0 Å². The lowest BCUT2D eigenvalue weighted by Gasteiger charge is -2.13. The third kappa shape index (κ3) is 2.41. The number of anilines is 1. The van der Waals surface area contributed by atoms with Gasteiger partial charge in [0.2, 0.25) is 0 Å². The number of nitrogens with zero attached hydrogens (tertiary/aromatic N) is 4. The van der Waals surface area contributed by atoms with E-state index in [9.17, 15) is 8.78 Å². The van der Waals surface area contributed by atoms with Crippen molar-refractivity contribution in [2.24, 2.45) is 11.8 Å². The number of nitrogens with one attached hydrogen (secondary N) is 2. The van der Waals surface area contributed by atoms with E-state index in [0.717, 1.165) is 25.9 Å². The standard InChI is InChI=1S/C14H18F2N6/c15-12(16)6-19-13-7-18-11-5-20-22(14(11)21-13)10-1-8-3-17-4-9(8)2-10/h5,7-10,12,17H,1-4,6H2,(H,19,21). The van der Waals surface area contributed by atoms with Crippen LogP contribution in [0.3, 0.4) is 0 Å². The summed E-state index contributed by atoms with van der Waals surface area (Å²) in [4.78, 5) is 8.68. The van der Waals surface area contributed by atoms with Crippen LogP contribution in [-0.2, 0) is 0 Å². The highest BCUT2D eigenvalue weighted by Crippen LogP contribution is 2.41. The average molecular weight is 308 g/mol. The minimum Gasteiger partial charge on any atom is -0.363 e. The molecule has 0 bridgehead atoms. The van der Waals surface area contributed by atoms with Crippen LogP contribution in [0.2, 0.25) is 0 Å². The van der Waals surface area contributed by atoms with Crippen molar-refractivity contribution in [3.8, 4) is 0 Å². The molecule has 2 fully saturated rings. The van der Waals surface area contributed by atoms with Gasteiger partial charge in [0.15, 0.2) is 5.65 Å². The van der Waals surface area contributed by atoms with Crippen molar-refractivity contribution >= 4 is 17.0 Å². The Morgan fingerprint density at radius 3 is 2.77 bits per heavy atom. The van der Waals surface area contributed by atoms with Gasteiger partial charge in [-0.2, -0.15) is 5.10 Å². The monoisotopic (exact) mass is 308 g/mol. The van der Waals surface area contributed by atoms with Gasteiger partial charge in [-0.25, -0.2) is 23.4 Å². The fourth-order valence-electron chi connectivity index (χ4n) is 3.69. The molecule has 2 N–H and O–H groups in total. The van der Waals surface area contributed by atoms with Gasteiger partial charge in [0, 0.05) is 0 Å². The first kappa shape index (κ1) is 13.8. The van der Waals surface area contributed by atoms with E-state index in [4.69, 9.17) is 0 Å². The van der Waals surface area contributed by atoms with Crippen LogP contribution in [0.5, 0.6) is 0 Å². The van der Waals surface area contributed by atoms with Crippen molar-refractivity contribution in [3.63, 3.8) is 0 Å². The molecule has 2 aliphatic rings. The van der Waals surface area contributed by atoms with Crippen LogP contribution in [0.4, 0.5) is 14.6 Å². The molecule has 4 rings (SSSR count). The normalized spacial score (nSPS) is 27.7. The lowest BCUT2D eigenvalue weighted by atomic mass is 10.0. The Bertz CT molecular complexity index is 660. The van der Waals surface area contributed by atoms with Gasteiger partial charge in [0.05, 0.1) is 25.0 Å². The Balaban J connectivity index is 1.59. The molecule has 2 aromatic heterocycles. The van der Waals surface area contributed by atoms with E-state index in [1.807, 2.05) is 4.68 Å². The first-order valence-electron chi connectivity index (χ1n) is 7.63. The Morgan fingerprint density at radius 2 is 2.05 bits per heavy atom. The molecule has 2 atom stereocenters. The Morgan fingerprint density at radius 1 is 1.27 bits per heavy atom. The fourth-order valence-corrected chi connectivity index (χ4v) is 3.69. The van der Waals surface area contributed by atoms with Crippen molar-refractivity contribution in [2.45, 2.75) is 25.3 Å². The molecular weight excluding hydrogens is 290 g/mol. The number of hydrogen-bond acceptors (Lipinski definition) is 5. The maximum atomic E-state index is 12.3. The number of fused-ring (bicyclic) bond motifs is 2. The largest absolute Gasteiger partial charge is 0.363 e. The summed E-state index contributed by atoms with van der Waals surface area (Å²) in [5.74, 6) is 1.78. The van der Waals surface area contributed by atoms with Crippen molar-refractivity contribution in [3.05, 3.63) is 12.4 Å². The fraction of sp³-hybridized carbons (Fsp3) is 0.643. The molecule has 6 nitrogen and oxygen atoms in total. The number of rotatable bonds is 4. The van der Waals surface area contributed by atoms with Gasteiger partial charge in [0.1, 0.15) is 11.3 Å². The maximum Gasteiger partial charge on any atom is 0.255 e. The topological polar surface area (TPSA) is 67.7 Å². The summed E-state index contributed by atoms with van der Waals surface area (Å²) in [6.07, 6.45) is 2.94. The zero-order valence-electron chi connectivity index (χ0n) is 12.0.